The van der Waals surface area contributed by atoms with Crippen molar-refractivity contribution in [2.24, 2.45) is 0 Å². The lowest BCUT2D eigenvalue weighted by Gasteiger charge is -2.15. The van der Waals surface area contributed by atoms with Crippen LogP contribution in [0.1, 0.15) is 39.6 Å². The molecular formula is C34H27N3O7S. The maximum Gasteiger partial charge on any atom is 0.338 e. The summed E-state index contributed by atoms with van der Waals surface area (Å²) in [5.41, 5.74) is 2.47. The van der Waals surface area contributed by atoms with E-state index in [-0.39, 0.29) is 29.0 Å². The van der Waals surface area contributed by atoms with Gasteiger partial charge in [-0.3, -0.25) is 14.4 Å². The second-order valence-electron chi connectivity index (χ2n) is 9.77. The summed E-state index contributed by atoms with van der Waals surface area (Å²) in [7, 11) is 1.56. The van der Waals surface area contributed by atoms with Crippen LogP contribution in [-0.4, -0.2) is 54.1 Å². The second kappa shape index (κ2) is 13.9. The van der Waals surface area contributed by atoms with Crippen LogP contribution in [0.15, 0.2) is 90.0 Å². The Morgan fingerprint density at radius 2 is 1.71 bits per heavy atom. The molecule has 1 fully saturated rings. The summed E-state index contributed by atoms with van der Waals surface area (Å²) in [6, 6.07) is 25.1. The zero-order valence-electron chi connectivity index (χ0n) is 24.4. The number of hydrogen-bond donors (Lipinski definition) is 0. The highest BCUT2D eigenvalue weighted by Gasteiger charge is 2.41. The Labute approximate surface area is 263 Å². The number of imide groups is 1. The standard InChI is InChI=1S/C34H27N3O7S/c1-3-43-26-14-9-21(10-15-26)29(38)20-44-34(41)22-7-12-25(13-8-22)37-31(39)18-30(33(37)40)45-32-24(19-35)11-16-28(36-32)23-5-4-6-27(17-23)42-2/h4-17,30H,3,18,20H2,1-2H3. The van der Waals surface area contributed by atoms with Crippen molar-refractivity contribution in [3.63, 3.8) is 0 Å². The average molecular weight is 622 g/mol. The molecule has 3 aromatic carbocycles. The zero-order valence-corrected chi connectivity index (χ0v) is 25.2. The fourth-order valence-electron chi connectivity index (χ4n) is 4.61. The predicted molar refractivity (Wildman–Crippen MR) is 166 cm³/mol. The van der Waals surface area contributed by atoms with E-state index < -0.39 is 29.6 Å². The summed E-state index contributed by atoms with van der Waals surface area (Å²) in [6.45, 7) is 1.91. The second-order valence-corrected chi connectivity index (χ2v) is 11.0. The molecule has 4 aromatic rings. The number of pyridine rings is 1. The summed E-state index contributed by atoms with van der Waals surface area (Å²) < 4.78 is 15.8. The minimum atomic E-state index is -0.795. The summed E-state index contributed by atoms with van der Waals surface area (Å²) >= 11 is 1.06. The maximum absolute atomic E-state index is 13.4. The van der Waals surface area contributed by atoms with Crippen LogP contribution in [0.3, 0.4) is 0 Å². The van der Waals surface area contributed by atoms with Crippen LogP contribution in [0.5, 0.6) is 11.5 Å². The van der Waals surface area contributed by atoms with Gasteiger partial charge >= 0.3 is 5.97 Å². The number of Topliss-reactive ketones (excluding diaryl/α,β-unsaturated/α-hetero) is 1. The molecule has 0 bridgehead atoms. The number of aromatic nitrogens is 1. The SMILES string of the molecule is CCOc1ccc(C(=O)COC(=O)c2ccc(N3C(=O)CC(Sc4nc(-c5cccc(OC)c5)ccc4C#N)C3=O)cc2)cc1. The van der Waals surface area contributed by atoms with Gasteiger partial charge in [-0.25, -0.2) is 14.7 Å². The van der Waals surface area contributed by atoms with Crippen LogP contribution >= 0.6 is 11.8 Å². The van der Waals surface area contributed by atoms with Gasteiger partial charge in [-0.2, -0.15) is 5.26 Å². The molecule has 1 atom stereocenters. The number of benzene rings is 3. The normalized spacial score (nSPS) is 14.2. The third-order valence-corrected chi connectivity index (χ3v) is 8.08. The zero-order chi connectivity index (χ0) is 31.9. The number of nitriles is 1. The molecule has 1 unspecified atom stereocenters. The number of rotatable bonds is 11. The number of ether oxygens (including phenoxy) is 3. The number of nitrogens with zero attached hydrogens (tertiary/aromatic N) is 3. The Morgan fingerprint density at radius 3 is 2.40 bits per heavy atom. The highest BCUT2D eigenvalue weighted by atomic mass is 32.2. The molecule has 2 amide bonds. The highest BCUT2D eigenvalue weighted by Crippen LogP contribution is 2.36. The molecule has 10 nitrogen and oxygen atoms in total. The maximum atomic E-state index is 13.4. The van der Waals surface area contributed by atoms with Crippen LogP contribution in [0.25, 0.3) is 11.3 Å². The largest absolute Gasteiger partial charge is 0.497 e. The summed E-state index contributed by atoms with van der Waals surface area (Å²) in [6.07, 6.45) is -0.0864. The van der Waals surface area contributed by atoms with Crippen molar-refractivity contribution in [2.45, 2.75) is 23.6 Å². The number of anilines is 1. The van der Waals surface area contributed by atoms with Crippen LogP contribution in [0, 0.1) is 11.3 Å². The van der Waals surface area contributed by atoms with Gasteiger partial charge in [0.25, 0.3) is 0 Å². The van der Waals surface area contributed by atoms with Crippen molar-refractivity contribution in [3.8, 4) is 28.8 Å². The van der Waals surface area contributed by atoms with Crippen molar-refractivity contribution in [2.75, 3.05) is 25.2 Å². The van der Waals surface area contributed by atoms with Crippen molar-refractivity contribution in [3.05, 3.63) is 102 Å². The summed E-state index contributed by atoms with van der Waals surface area (Å²) in [4.78, 5) is 57.0. The fraction of sp³-hybridized carbons (Fsp3) is 0.176. The predicted octanol–water partition coefficient (Wildman–Crippen LogP) is 5.49. The third kappa shape index (κ3) is 7.03. The molecule has 0 saturated carbocycles. The average Bonchev–Trinajstić information content (AvgIpc) is 3.35. The monoisotopic (exact) mass is 621 g/mol. The Balaban J connectivity index is 1.24. The van der Waals surface area contributed by atoms with Crippen LogP contribution < -0.4 is 14.4 Å². The Hall–Kier alpha value is -5.47. The van der Waals surface area contributed by atoms with Gasteiger partial charge < -0.3 is 14.2 Å². The van der Waals surface area contributed by atoms with Gasteiger partial charge in [-0.1, -0.05) is 23.9 Å². The fourth-order valence-corrected chi connectivity index (χ4v) is 5.70. The molecule has 0 radical (unpaired) electrons. The van der Waals surface area contributed by atoms with Crippen molar-refractivity contribution in [1.82, 2.24) is 4.98 Å². The van der Waals surface area contributed by atoms with E-state index in [0.717, 1.165) is 22.2 Å². The van der Waals surface area contributed by atoms with Gasteiger partial charge in [-0.15, -0.1) is 0 Å². The smallest absolute Gasteiger partial charge is 0.338 e. The molecule has 1 saturated heterocycles. The number of amides is 2. The molecule has 1 aromatic heterocycles. The number of carbonyl (C=O) groups excluding carboxylic acids is 4. The number of ketones is 1. The lowest BCUT2D eigenvalue weighted by Crippen LogP contribution is -2.31. The molecular weight excluding hydrogens is 594 g/mol. The third-order valence-electron chi connectivity index (χ3n) is 6.89. The molecule has 2 heterocycles. The van der Waals surface area contributed by atoms with Crippen LogP contribution in [-0.2, 0) is 14.3 Å². The Bertz CT molecular complexity index is 1800. The number of carbonyl (C=O) groups is 4. The van der Waals surface area contributed by atoms with Gasteiger partial charge in [0.05, 0.1) is 41.5 Å². The molecule has 226 valence electrons. The van der Waals surface area contributed by atoms with E-state index in [4.69, 9.17) is 14.2 Å². The topological polar surface area (TPSA) is 136 Å². The van der Waals surface area contributed by atoms with Crippen LogP contribution in [0.4, 0.5) is 5.69 Å². The minimum absolute atomic E-state index is 0.0864. The van der Waals surface area contributed by atoms with E-state index in [1.165, 1.54) is 24.3 Å². The molecule has 5 rings (SSSR count). The molecule has 1 aliphatic rings. The molecule has 0 spiro atoms. The van der Waals surface area contributed by atoms with Crippen molar-refractivity contribution >= 4 is 41.0 Å². The molecule has 11 heteroatoms. The number of esters is 1. The van der Waals surface area contributed by atoms with Crippen molar-refractivity contribution < 1.29 is 33.4 Å². The van der Waals surface area contributed by atoms with E-state index in [1.807, 2.05) is 31.2 Å². The van der Waals surface area contributed by atoms with E-state index in [9.17, 15) is 24.4 Å². The number of methoxy groups -OCH3 is 1. The Morgan fingerprint density at radius 1 is 0.978 bits per heavy atom. The van der Waals surface area contributed by atoms with Gasteiger partial charge in [-0.05, 0) is 79.7 Å². The summed E-state index contributed by atoms with van der Waals surface area (Å²) in [5, 5.41) is 9.20. The van der Waals surface area contributed by atoms with E-state index >= 15 is 0 Å². The summed E-state index contributed by atoms with van der Waals surface area (Å²) in [5.74, 6) is -0.692. The molecule has 0 aliphatic carbocycles. The first-order chi connectivity index (χ1) is 21.8. The number of hydrogen-bond acceptors (Lipinski definition) is 10. The first-order valence-corrected chi connectivity index (χ1v) is 14.8. The Kier molecular flexibility index (Phi) is 9.55. The lowest BCUT2D eigenvalue weighted by atomic mass is 10.1. The van der Waals surface area contributed by atoms with Gasteiger partial charge in [0, 0.05) is 17.5 Å². The van der Waals surface area contributed by atoms with Crippen molar-refractivity contribution in [1.29, 1.82) is 5.26 Å². The van der Waals surface area contributed by atoms with Crippen LogP contribution in [0.2, 0.25) is 0 Å². The van der Waals surface area contributed by atoms with E-state index in [1.54, 1.807) is 43.5 Å². The van der Waals surface area contributed by atoms with E-state index in [2.05, 4.69) is 11.1 Å². The number of thioether (sulfide) groups is 1. The minimum Gasteiger partial charge on any atom is -0.497 e. The first-order valence-electron chi connectivity index (χ1n) is 13.9. The molecule has 1 aliphatic heterocycles. The quantitative estimate of drug-likeness (QED) is 0.120. The highest BCUT2D eigenvalue weighted by molar-refractivity contribution is 8.00. The van der Waals surface area contributed by atoms with Gasteiger partial charge in [0.1, 0.15) is 22.6 Å². The molecule has 45 heavy (non-hydrogen) atoms. The first kappa shape index (κ1) is 31.0. The van der Waals surface area contributed by atoms with Gasteiger partial charge in [0.2, 0.25) is 11.8 Å². The van der Waals surface area contributed by atoms with E-state index in [0.29, 0.717) is 34.4 Å². The van der Waals surface area contributed by atoms with Gasteiger partial charge in [0.15, 0.2) is 12.4 Å². The molecule has 0 N–H and O–H groups in total. The lowest BCUT2D eigenvalue weighted by molar-refractivity contribution is -0.121.